The molecule has 236 valence electrons. The van der Waals surface area contributed by atoms with E-state index in [-0.39, 0.29) is 24.2 Å². The Morgan fingerprint density at radius 2 is 1.70 bits per heavy atom. The van der Waals surface area contributed by atoms with Gasteiger partial charge in [0.15, 0.2) is 0 Å². The number of aromatic nitrogens is 1. The van der Waals surface area contributed by atoms with Gasteiger partial charge in [-0.05, 0) is 50.2 Å². The Labute approximate surface area is 256 Å². The molecule has 12 nitrogen and oxygen atoms in total. The van der Waals surface area contributed by atoms with Crippen LogP contribution in [0.5, 0.6) is 0 Å². The van der Waals surface area contributed by atoms with Crippen LogP contribution in [-0.4, -0.2) is 75.9 Å². The highest BCUT2D eigenvalue weighted by Crippen LogP contribution is 2.36. The fourth-order valence-electron chi connectivity index (χ4n) is 7.13. The minimum absolute atomic E-state index is 0.0185. The molecule has 1 aliphatic carbocycles. The number of Topliss-reactive ketones (excluding diaryl/α,β-unsaturated/α-hetero) is 1. The van der Waals surface area contributed by atoms with Crippen LogP contribution in [0.25, 0.3) is 10.9 Å². The summed E-state index contributed by atoms with van der Waals surface area (Å²) in [5.74, 6) is -3.94. The molecule has 6 N–H and O–H groups in total. The van der Waals surface area contributed by atoms with Crippen molar-refractivity contribution in [3.63, 3.8) is 0 Å². The molecule has 1 aromatic heterocycles. The van der Waals surface area contributed by atoms with Crippen LogP contribution in [0, 0.1) is 11.8 Å². The highest BCUT2D eigenvalue weighted by atomic mass is 16.2. The molecule has 2 aliphatic heterocycles. The Kier molecular flexibility index (Phi) is 9.36. The van der Waals surface area contributed by atoms with Crippen molar-refractivity contribution >= 4 is 46.2 Å². The van der Waals surface area contributed by atoms with Crippen LogP contribution < -0.4 is 21.7 Å². The van der Waals surface area contributed by atoms with E-state index in [4.69, 9.17) is 5.73 Å². The summed E-state index contributed by atoms with van der Waals surface area (Å²) in [4.78, 5) is 81.7. The number of carbonyl (C=O) groups is 6. The van der Waals surface area contributed by atoms with E-state index in [1.54, 1.807) is 11.0 Å². The highest BCUT2D eigenvalue weighted by Gasteiger charge is 2.47. The Hall–Kier alpha value is -4.22. The second-order valence-corrected chi connectivity index (χ2v) is 12.7. The second kappa shape index (κ2) is 13.2. The quantitative estimate of drug-likeness (QED) is 0.256. The number of piperidine rings is 1. The zero-order valence-electron chi connectivity index (χ0n) is 25.2. The molecule has 1 saturated carbocycles. The number of amides is 5. The average molecular weight is 607 g/mol. The highest BCUT2D eigenvalue weighted by molar-refractivity contribution is 6.38. The Balaban J connectivity index is 1.30. The maximum Gasteiger partial charge on any atom is 0.287 e. The molecule has 12 heteroatoms. The molecule has 3 fully saturated rings. The number of hydrogen-bond donors (Lipinski definition) is 5. The lowest BCUT2D eigenvalue weighted by Crippen LogP contribution is -2.54. The number of hydrogen-bond acceptors (Lipinski definition) is 6. The number of primary amides is 1. The minimum atomic E-state index is -1.32. The number of carbonyl (C=O) groups excluding carboxylic acids is 6. The van der Waals surface area contributed by atoms with E-state index in [9.17, 15) is 28.8 Å². The van der Waals surface area contributed by atoms with Crippen LogP contribution in [0.15, 0.2) is 30.3 Å². The van der Waals surface area contributed by atoms with Crippen molar-refractivity contribution in [3.05, 3.63) is 36.0 Å². The number of fused-ring (bicyclic) bond motifs is 1. The fourth-order valence-corrected chi connectivity index (χ4v) is 7.13. The van der Waals surface area contributed by atoms with E-state index >= 15 is 0 Å². The minimum Gasteiger partial charge on any atom is -0.363 e. The van der Waals surface area contributed by atoms with Gasteiger partial charge in [-0.3, -0.25) is 28.8 Å². The van der Waals surface area contributed by atoms with Gasteiger partial charge in [0.2, 0.25) is 23.5 Å². The first kappa shape index (κ1) is 31.2. The Morgan fingerprint density at radius 1 is 1.00 bits per heavy atom. The summed E-state index contributed by atoms with van der Waals surface area (Å²) >= 11 is 0. The third-order valence-electron chi connectivity index (χ3n) is 9.65. The van der Waals surface area contributed by atoms with Crippen molar-refractivity contribution in [3.8, 4) is 0 Å². The van der Waals surface area contributed by atoms with Crippen LogP contribution in [0.2, 0.25) is 0 Å². The van der Waals surface area contributed by atoms with E-state index in [0.717, 1.165) is 43.0 Å². The summed E-state index contributed by atoms with van der Waals surface area (Å²) in [5, 5.41) is 9.46. The molecule has 0 unspecified atom stereocenters. The largest absolute Gasteiger partial charge is 0.363 e. The lowest BCUT2D eigenvalue weighted by Gasteiger charge is -2.39. The molecule has 5 rings (SSSR count). The van der Waals surface area contributed by atoms with Crippen LogP contribution in [0.4, 0.5) is 0 Å². The number of nitrogens with two attached hydrogens (primary N) is 1. The first-order valence-electron chi connectivity index (χ1n) is 15.6. The number of nitrogens with zero attached hydrogens (tertiary/aromatic N) is 1. The SMILES string of the molecule is CC(=O)N1CCC2(CC1)C[C@@H](C[C@H](NC(=O)[C@H](CC1CCCCC1)NC(=O)c1cc3ccccc3[nH]1)C(=O)C(N)=O)C(=O)N2. The second-order valence-electron chi connectivity index (χ2n) is 12.7. The number of benzene rings is 1. The van der Waals surface area contributed by atoms with Crippen molar-refractivity contribution in [2.24, 2.45) is 17.6 Å². The van der Waals surface area contributed by atoms with E-state index < -0.39 is 47.0 Å². The molecule has 2 saturated heterocycles. The van der Waals surface area contributed by atoms with Crippen molar-refractivity contribution < 1.29 is 28.8 Å². The Morgan fingerprint density at radius 3 is 2.36 bits per heavy atom. The lowest BCUT2D eigenvalue weighted by atomic mass is 9.81. The van der Waals surface area contributed by atoms with Crippen LogP contribution >= 0.6 is 0 Å². The summed E-state index contributed by atoms with van der Waals surface area (Å²) in [7, 11) is 0. The topological polar surface area (TPSA) is 184 Å². The van der Waals surface area contributed by atoms with E-state index in [2.05, 4.69) is 20.9 Å². The molecule has 5 amide bonds. The summed E-state index contributed by atoms with van der Waals surface area (Å²) in [5.41, 5.74) is 5.96. The van der Waals surface area contributed by atoms with Crippen LogP contribution in [-0.2, 0) is 24.0 Å². The number of nitrogens with one attached hydrogen (secondary N) is 4. The smallest absolute Gasteiger partial charge is 0.287 e. The van der Waals surface area contributed by atoms with Gasteiger partial charge in [-0.25, -0.2) is 0 Å². The van der Waals surface area contributed by atoms with Crippen molar-refractivity contribution in [1.29, 1.82) is 0 Å². The molecule has 2 aromatic rings. The number of likely N-dealkylation sites (tertiary alicyclic amines) is 1. The molecule has 3 atom stereocenters. The third-order valence-corrected chi connectivity index (χ3v) is 9.65. The standard InChI is InChI=1S/C32H42N6O6/c1-19(39)38-13-11-32(12-14-38)18-22(29(42)37-32)17-24(27(40)28(33)41)35-30(43)25(15-20-7-3-2-4-8-20)36-31(44)26-16-21-9-5-6-10-23(21)34-26/h5-6,9-10,16,20,22,24-25,34H,2-4,7-8,11-15,17-18H2,1H3,(H2,33,41)(H,35,43)(H,36,44)(H,37,42)/t22-,24+,25+/m1/s1. The van der Waals surface area contributed by atoms with Crippen molar-refractivity contribution in [2.75, 3.05) is 13.1 Å². The van der Waals surface area contributed by atoms with E-state index in [1.165, 1.54) is 6.92 Å². The molecule has 3 aliphatic rings. The van der Waals surface area contributed by atoms with Gasteiger partial charge in [-0.15, -0.1) is 0 Å². The number of para-hydroxylation sites is 1. The zero-order chi connectivity index (χ0) is 31.4. The van der Waals surface area contributed by atoms with Crippen molar-refractivity contribution in [1.82, 2.24) is 25.8 Å². The van der Waals surface area contributed by atoms with E-state index in [0.29, 0.717) is 44.5 Å². The van der Waals surface area contributed by atoms with Crippen LogP contribution in [0.3, 0.4) is 0 Å². The van der Waals surface area contributed by atoms with Gasteiger partial charge in [-0.1, -0.05) is 50.3 Å². The summed E-state index contributed by atoms with van der Waals surface area (Å²) < 4.78 is 0. The number of ketones is 1. The lowest BCUT2D eigenvalue weighted by molar-refractivity contribution is -0.139. The average Bonchev–Trinajstić information content (AvgIpc) is 3.57. The van der Waals surface area contributed by atoms with Crippen molar-refractivity contribution in [2.45, 2.75) is 88.8 Å². The molecule has 3 heterocycles. The first-order valence-corrected chi connectivity index (χ1v) is 15.6. The molecule has 1 aromatic carbocycles. The van der Waals surface area contributed by atoms with Gasteiger partial charge in [-0.2, -0.15) is 0 Å². The molecular weight excluding hydrogens is 564 g/mol. The number of rotatable bonds is 10. The van der Waals surface area contributed by atoms with Gasteiger partial charge < -0.3 is 31.6 Å². The van der Waals surface area contributed by atoms with Gasteiger partial charge in [0, 0.05) is 42.4 Å². The van der Waals surface area contributed by atoms with Gasteiger partial charge in [0.25, 0.3) is 11.8 Å². The molecular formula is C32H42N6O6. The fraction of sp³-hybridized carbons (Fsp3) is 0.562. The summed E-state index contributed by atoms with van der Waals surface area (Å²) in [6.07, 6.45) is 6.94. The predicted octanol–water partition coefficient (Wildman–Crippen LogP) is 1.68. The predicted molar refractivity (Wildman–Crippen MR) is 162 cm³/mol. The maximum atomic E-state index is 13.8. The molecule has 0 radical (unpaired) electrons. The zero-order valence-corrected chi connectivity index (χ0v) is 25.2. The number of H-pyrrole nitrogens is 1. The maximum absolute atomic E-state index is 13.8. The number of aromatic amines is 1. The van der Waals surface area contributed by atoms with E-state index in [1.807, 2.05) is 24.3 Å². The summed E-state index contributed by atoms with van der Waals surface area (Å²) in [6, 6.07) is 6.90. The summed E-state index contributed by atoms with van der Waals surface area (Å²) in [6.45, 7) is 2.55. The monoisotopic (exact) mass is 606 g/mol. The molecule has 0 bridgehead atoms. The van der Waals surface area contributed by atoms with Gasteiger partial charge in [0.1, 0.15) is 11.7 Å². The Bertz CT molecular complexity index is 1400. The van der Waals surface area contributed by atoms with Crippen LogP contribution in [0.1, 0.15) is 81.6 Å². The first-order chi connectivity index (χ1) is 21.0. The van der Waals surface area contributed by atoms with Gasteiger partial charge in [0.05, 0.1) is 6.04 Å². The third kappa shape index (κ3) is 7.11. The van der Waals surface area contributed by atoms with Gasteiger partial charge >= 0.3 is 0 Å². The molecule has 44 heavy (non-hydrogen) atoms. The normalized spacial score (nSPS) is 21.4. The molecule has 1 spiro atoms.